The summed E-state index contributed by atoms with van der Waals surface area (Å²) in [5.41, 5.74) is 8.40. The maximum absolute atomic E-state index is 11.0. The Morgan fingerprint density at radius 3 is 2.94 bits per heavy atom. The lowest BCUT2D eigenvalue weighted by Gasteiger charge is -2.08. The number of aromatic nitrogens is 2. The van der Waals surface area contributed by atoms with Crippen LogP contribution in [0.25, 0.3) is 11.3 Å². The summed E-state index contributed by atoms with van der Waals surface area (Å²) in [6.07, 6.45) is 2.38. The second kappa shape index (κ2) is 4.82. The van der Waals surface area contributed by atoms with Gasteiger partial charge < -0.3 is 5.73 Å². The molecule has 2 rings (SSSR count). The van der Waals surface area contributed by atoms with Crippen molar-refractivity contribution in [2.45, 2.75) is 13.3 Å². The molecule has 17 heavy (non-hydrogen) atoms. The average Bonchev–Trinajstić information content (AvgIpc) is 2.82. The number of benzene rings is 1. The quantitative estimate of drug-likeness (QED) is 0.838. The standard InChI is InChI=1S/C13H15N3O/c1-9(13(14)17)7-10-3-2-4-11(8-10)12-5-6-15-16-12/h2-6,8-9H,7H2,1H3,(H2,14,17)(H,15,16)/t9-/m1/s1. The van der Waals surface area contributed by atoms with Crippen LogP contribution in [0.5, 0.6) is 0 Å². The molecule has 0 saturated carbocycles. The predicted molar refractivity (Wildman–Crippen MR) is 66.1 cm³/mol. The SMILES string of the molecule is C[C@H](Cc1cccc(-c2ccn[nH]2)c1)C(N)=O. The Hall–Kier alpha value is -2.10. The summed E-state index contributed by atoms with van der Waals surface area (Å²) in [5, 5.41) is 6.83. The molecule has 0 fully saturated rings. The Morgan fingerprint density at radius 1 is 1.47 bits per heavy atom. The number of amides is 1. The molecule has 0 aliphatic carbocycles. The van der Waals surface area contributed by atoms with Gasteiger partial charge in [-0.25, -0.2) is 0 Å². The van der Waals surface area contributed by atoms with Gasteiger partial charge in [-0.05, 0) is 29.7 Å². The van der Waals surface area contributed by atoms with Crippen LogP contribution in [-0.2, 0) is 11.2 Å². The van der Waals surface area contributed by atoms with Crippen molar-refractivity contribution in [1.29, 1.82) is 0 Å². The van der Waals surface area contributed by atoms with Crippen molar-refractivity contribution in [2.75, 3.05) is 0 Å². The molecule has 4 nitrogen and oxygen atoms in total. The molecule has 0 radical (unpaired) electrons. The van der Waals surface area contributed by atoms with E-state index in [9.17, 15) is 4.79 Å². The maximum Gasteiger partial charge on any atom is 0.220 e. The lowest BCUT2D eigenvalue weighted by Crippen LogP contribution is -2.22. The first-order valence-corrected chi connectivity index (χ1v) is 5.55. The van der Waals surface area contributed by atoms with E-state index in [2.05, 4.69) is 10.2 Å². The zero-order valence-corrected chi connectivity index (χ0v) is 9.68. The molecule has 1 aromatic heterocycles. The third kappa shape index (κ3) is 2.72. The molecule has 2 aromatic rings. The van der Waals surface area contributed by atoms with E-state index in [0.717, 1.165) is 16.8 Å². The Bertz CT molecular complexity index is 505. The van der Waals surface area contributed by atoms with Gasteiger partial charge in [0.2, 0.25) is 5.91 Å². The fraction of sp³-hybridized carbons (Fsp3) is 0.231. The second-order valence-corrected chi connectivity index (χ2v) is 4.18. The molecule has 0 aliphatic heterocycles. The number of carbonyl (C=O) groups is 1. The number of aromatic amines is 1. The number of nitrogens with two attached hydrogens (primary N) is 1. The first kappa shape index (κ1) is 11.4. The Labute approximate surface area is 99.8 Å². The monoisotopic (exact) mass is 229 g/mol. The third-order valence-electron chi connectivity index (χ3n) is 2.77. The van der Waals surface area contributed by atoms with E-state index in [4.69, 9.17) is 5.73 Å². The lowest BCUT2D eigenvalue weighted by molar-refractivity contribution is -0.121. The van der Waals surface area contributed by atoms with Gasteiger partial charge in [0.15, 0.2) is 0 Å². The number of nitrogens with one attached hydrogen (secondary N) is 1. The molecule has 1 aromatic carbocycles. The van der Waals surface area contributed by atoms with Crippen LogP contribution >= 0.6 is 0 Å². The molecule has 0 spiro atoms. The van der Waals surface area contributed by atoms with Crippen molar-refractivity contribution in [2.24, 2.45) is 11.7 Å². The fourth-order valence-electron chi connectivity index (χ4n) is 1.74. The molecule has 88 valence electrons. The van der Waals surface area contributed by atoms with Gasteiger partial charge in [0.25, 0.3) is 0 Å². The predicted octanol–water partition coefficient (Wildman–Crippen LogP) is 1.74. The molecule has 0 bridgehead atoms. The fourth-order valence-corrected chi connectivity index (χ4v) is 1.74. The normalized spacial score (nSPS) is 12.3. The second-order valence-electron chi connectivity index (χ2n) is 4.18. The highest BCUT2D eigenvalue weighted by atomic mass is 16.1. The number of H-pyrrole nitrogens is 1. The van der Waals surface area contributed by atoms with Crippen molar-refractivity contribution < 1.29 is 4.79 Å². The van der Waals surface area contributed by atoms with E-state index in [1.165, 1.54) is 0 Å². The van der Waals surface area contributed by atoms with E-state index < -0.39 is 0 Å². The van der Waals surface area contributed by atoms with E-state index in [1.807, 2.05) is 37.3 Å². The highest BCUT2D eigenvalue weighted by molar-refractivity contribution is 5.76. The third-order valence-corrected chi connectivity index (χ3v) is 2.77. The number of carbonyl (C=O) groups excluding carboxylic acids is 1. The van der Waals surface area contributed by atoms with Gasteiger partial charge in [-0.15, -0.1) is 0 Å². The van der Waals surface area contributed by atoms with Crippen molar-refractivity contribution >= 4 is 5.91 Å². The number of hydrogen-bond donors (Lipinski definition) is 2. The molecular formula is C13H15N3O. The summed E-state index contributed by atoms with van der Waals surface area (Å²) in [7, 11) is 0. The first-order valence-electron chi connectivity index (χ1n) is 5.55. The first-order chi connectivity index (χ1) is 8.16. The number of rotatable bonds is 4. The summed E-state index contributed by atoms with van der Waals surface area (Å²) in [5.74, 6) is -0.413. The summed E-state index contributed by atoms with van der Waals surface area (Å²) >= 11 is 0. The largest absolute Gasteiger partial charge is 0.369 e. The van der Waals surface area contributed by atoms with E-state index >= 15 is 0 Å². The van der Waals surface area contributed by atoms with Gasteiger partial charge >= 0.3 is 0 Å². The molecular weight excluding hydrogens is 214 g/mol. The molecule has 1 amide bonds. The number of nitrogens with zero attached hydrogens (tertiary/aromatic N) is 1. The zero-order valence-electron chi connectivity index (χ0n) is 9.68. The van der Waals surface area contributed by atoms with Crippen LogP contribution in [-0.4, -0.2) is 16.1 Å². The molecule has 0 saturated heterocycles. The highest BCUT2D eigenvalue weighted by Crippen LogP contribution is 2.19. The molecule has 3 N–H and O–H groups in total. The van der Waals surface area contributed by atoms with Crippen molar-refractivity contribution in [3.05, 3.63) is 42.1 Å². The summed E-state index contributed by atoms with van der Waals surface area (Å²) in [4.78, 5) is 11.0. The number of hydrogen-bond acceptors (Lipinski definition) is 2. The minimum atomic E-state index is -0.267. The summed E-state index contributed by atoms with van der Waals surface area (Å²) in [6.45, 7) is 1.84. The molecule has 4 heteroatoms. The van der Waals surface area contributed by atoms with Gasteiger partial charge in [0, 0.05) is 12.1 Å². The molecule has 0 unspecified atom stereocenters. The minimum Gasteiger partial charge on any atom is -0.369 e. The van der Waals surface area contributed by atoms with Crippen molar-refractivity contribution in [3.63, 3.8) is 0 Å². The minimum absolute atomic E-state index is 0.146. The van der Waals surface area contributed by atoms with Gasteiger partial charge in [-0.2, -0.15) is 5.10 Å². The number of primary amides is 1. The van der Waals surface area contributed by atoms with Crippen molar-refractivity contribution in [1.82, 2.24) is 10.2 Å². The highest BCUT2D eigenvalue weighted by Gasteiger charge is 2.10. The van der Waals surface area contributed by atoms with Gasteiger partial charge in [-0.1, -0.05) is 25.1 Å². The smallest absolute Gasteiger partial charge is 0.220 e. The van der Waals surface area contributed by atoms with Gasteiger partial charge in [-0.3, -0.25) is 9.89 Å². The van der Waals surface area contributed by atoms with E-state index in [0.29, 0.717) is 6.42 Å². The molecule has 1 atom stereocenters. The van der Waals surface area contributed by atoms with Gasteiger partial charge in [0.05, 0.1) is 5.69 Å². The van der Waals surface area contributed by atoms with Crippen LogP contribution < -0.4 is 5.73 Å². The van der Waals surface area contributed by atoms with Crippen LogP contribution in [0, 0.1) is 5.92 Å². The van der Waals surface area contributed by atoms with Crippen LogP contribution in [0.1, 0.15) is 12.5 Å². The maximum atomic E-state index is 11.0. The van der Waals surface area contributed by atoms with Crippen LogP contribution in [0.3, 0.4) is 0 Å². The zero-order chi connectivity index (χ0) is 12.3. The van der Waals surface area contributed by atoms with Crippen LogP contribution in [0.4, 0.5) is 0 Å². The lowest BCUT2D eigenvalue weighted by atomic mass is 9.98. The summed E-state index contributed by atoms with van der Waals surface area (Å²) in [6, 6.07) is 9.94. The Morgan fingerprint density at radius 2 is 2.29 bits per heavy atom. The summed E-state index contributed by atoms with van der Waals surface area (Å²) < 4.78 is 0. The molecule has 0 aliphatic rings. The van der Waals surface area contributed by atoms with Crippen LogP contribution in [0.2, 0.25) is 0 Å². The van der Waals surface area contributed by atoms with Crippen LogP contribution in [0.15, 0.2) is 36.5 Å². The van der Waals surface area contributed by atoms with Gasteiger partial charge in [0.1, 0.15) is 0 Å². The van der Waals surface area contributed by atoms with Crippen molar-refractivity contribution in [3.8, 4) is 11.3 Å². The Kier molecular flexibility index (Phi) is 3.23. The van der Waals surface area contributed by atoms with E-state index in [1.54, 1.807) is 6.20 Å². The van der Waals surface area contributed by atoms with E-state index in [-0.39, 0.29) is 11.8 Å². The Balaban J connectivity index is 2.20. The average molecular weight is 229 g/mol. The topological polar surface area (TPSA) is 71.8 Å². The molecule has 1 heterocycles.